The van der Waals surface area contributed by atoms with Crippen LogP contribution in [0.5, 0.6) is 0 Å². The molecular weight excluding hydrogens is 248 g/mol. The van der Waals surface area contributed by atoms with Crippen LogP contribution >= 0.6 is 0 Å². The molecule has 2 heterocycles. The fourth-order valence-electron chi connectivity index (χ4n) is 3.05. The number of hydrogen-bond donors (Lipinski definition) is 1. The van der Waals surface area contributed by atoms with Gasteiger partial charge in [-0.25, -0.2) is 0 Å². The normalized spacial score (nSPS) is 18.4. The van der Waals surface area contributed by atoms with Gasteiger partial charge in [0.25, 0.3) is 0 Å². The fourth-order valence-corrected chi connectivity index (χ4v) is 3.05. The second-order valence-electron chi connectivity index (χ2n) is 6.65. The average molecular weight is 278 g/mol. The zero-order valence-corrected chi connectivity index (χ0v) is 13.7. The second-order valence-corrected chi connectivity index (χ2v) is 6.65. The highest BCUT2D eigenvalue weighted by Gasteiger charge is 2.21. The molecule has 0 aliphatic carbocycles. The third-order valence-corrected chi connectivity index (χ3v) is 4.33. The molecule has 0 unspecified atom stereocenters. The predicted molar refractivity (Wildman–Crippen MR) is 83.9 cm³/mol. The van der Waals surface area contributed by atoms with E-state index in [0.717, 1.165) is 6.54 Å². The van der Waals surface area contributed by atoms with E-state index in [1.165, 1.54) is 37.2 Å². The van der Waals surface area contributed by atoms with Gasteiger partial charge in [0.05, 0.1) is 5.69 Å². The maximum atomic E-state index is 4.58. The van der Waals surface area contributed by atoms with Crippen molar-refractivity contribution < 1.29 is 0 Å². The van der Waals surface area contributed by atoms with Gasteiger partial charge < -0.3 is 10.2 Å². The predicted octanol–water partition coefficient (Wildman–Crippen LogP) is 2.51. The summed E-state index contributed by atoms with van der Waals surface area (Å²) in [6.07, 6.45) is 4.68. The van der Waals surface area contributed by atoms with Crippen LogP contribution in [0.2, 0.25) is 0 Å². The van der Waals surface area contributed by atoms with Crippen molar-refractivity contribution in [2.45, 2.75) is 65.1 Å². The molecule has 0 atom stereocenters. The summed E-state index contributed by atoms with van der Waals surface area (Å²) in [7, 11) is 2.01. The number of nitrogens with one attached hydrogen (secondary N) is 1. The molecule has 1 aliphatic rings. The van der Waals surface area contributed by atoms with Crippen LogP contribution in [-0.4, -0.2) is 39.9 Å². The highest BCUT2D eigenvalue weighted by Crippen LogP contribution is 2.18. The van der Waals surface area contributed by atoms with Crippen molar-refractivity contribution in [3.05, 3.63) is 17.5 Å². The van der Waals surface area contributed by atoms with Gasteiger partial charge in [0, 0.05) is 37.4 Å². The van der Waals surface area contributed by atoms with Crippen LogP contribution < -0.4 is 5.32 Å². The molecule has 1 N–H and O–H groups in total. The molecule has 1 aromatic rings. The lowest BCUT2D eigenvalue weighted by molar-refractivity contribution is 0.161. The van der Waals surface area contributed by atoms with Crippen LogP contribution in [-0.2, 0) is 13.6 Å². The Hall–Kier alpha value is -0.870. The maximum Gasteiger partial charge on any atom is 0.0694 e. The molecule has 1 aromatic heterocycles. The van der Waals surface area contributed by atoms with Crippen molar-refractivity contribution in [1.82, 2.24) is 20.0 Å². The first-order valence-corrected chi connectivity index (χ1v) is 7.97. The monoisotopic (exact) mass is 278 g/mol. The second kappa shape index (κ2) is 6.72. The third kappa shape index (κ3) is 3.83. The molecule has 20 heavy (non-hydrogen) atoms. The number of hydrogen-bond acceptors (Lipinski definition) is 3. The standard InChI is InChI=1S/C16H30N4/c1-12(2)16-14(11-19(5)18-16)10-17-15-6-8-20(9-7-15)13(3)4/h11-13,15,17H,6-10H2,1-5H3. The van der Waals surface area contributed by atoms with Crippen LogP contribution in [0.4, 0.5) is 0 Å². The van der Waals surface area contributed by atoms with Gasteiger partial charge in [-0.2, -0.15) is 5.10 Å². The van der Waals surface area contributed by atoms with E-state index in [1.54, 1.807) is 0 Å². The average Bonchev–Trinajstić information content (AvgIpc) is 2.78. The number of aryl methyl sites for hydroxylation is 1. The SMILES string of the molecule is CC(C)c1nn(C)cc1CNC1CCN(C(C)C)CC1. The Labute approximate surface area is 123 Å². The Morgan fingerprint density at radius 1 is 1.25 bits per heavy atom. The van der Waals surface area contributed by atoms with Crippen LogP contribution in [0.15, 0.2) is 6.20 Å². The Bertz CT molecular complexity index is 414. The zero-order chi connectivity index (χ0) is 14.7. The smallest absolute Gasteiger partial charge is 0.0694 e. The van der Waals surface area contributed by atoms with Gasteiger partial charge in [0.15, 0.2) is 0 Å². The van der Waals surface area contributed by atoms with Gasteiger partial charge in [0.1, 0.15) is 0 Å². The van der Waals surface area contributed by atoms with Gasteiger partial charge in [-0.1, -0.05) is 13.8 Å². The number of nitrogens with zero attached hydrogens (tertiary/aromatic N) is 3. The van der Waals surface area contributed by atoms with Crippen molar-refractivity contribution >= 4 is 0 Å². The van der Waals surface area contributed by atoms with Crippen molar-refractivity contribution in [2.24, 2.45) is 7.05 Å². The van der Waals surface area contributed by atoms with E-state index in [2.05, 4.69) is 49.2 Å². The van der Waals surface area contributed by atoms with Crippen molar-refractivity contribution in [3.63, 3.8) is 0 Å². The molecule has 0 bridgehead atoms. The molecule has 4 heteroatoms. The molecule has 1 aliphatic heterocycles. The molecule has 0 aromatic carbocycles. The quantitative estimate of drug-likeness (QED) is 0.898. The topological polar surface area (TPSA) is 33.1 Å². The van der Waals surface area contributed by atoms with E-state index in [9.17, 15) is 0 Å². The lowest BCUT2D eigenvalue weighted by atomic mass is 10.0. The molecule has 4 nitrogen and oxygen atoms in total. The van der Waals surface area contributed by atoms with E-state index < -0.39 is 0 Å². The van der Waals surface area contributed by atoms with Gasteiger partial charge in [-0.05, 0) is 45.7 Å². The minimum absolute atomic E-state index is 0.496. The maximum absolute atomic E-state index is 4.58. The number of aromatic nitrogens is 2. The summed E-state index contributed by atoms with van der Waals surface area (Å²) in [5, 5.41) is 8.30. The molecule has 0 radical (unpaired) electrons. The Morgan fingerprint density at radius 3 is 2.45 bits per heavy atom. The summed E-state index contributed by atoms with van der Waals surface area (Å²) in [6, 6.07) is 1.34. The van der Waals surface area contributed by atoms with E-state index in [0.29, 0.717) is 18.0 Å². The third-order valence-electron chi connectivity index (χ3n) is 4.33. The van der Waals surface area contributed by atoms with Crippen LogP contribution in [0, 0.1) is 0 Å². The van der Waals surface area contributed by atoms with Gasteiger partial charge in [0.2, 0.25) is 0 Å². The molecule has 114 valence electrons. The van der Waals surface area contributed by atoms with E-state index in [4.69, 9.17) is 0 Å². The fraction of sp³-hybridized carbons (Fsp3) is 0.812. The van der Waals surface area contributed by atoms with Gasteiger partial charge in [-0.15, -0.1) is 0 Å². The molecular formula is C16H30N4. The number of rotatable bonds is 5. The van der Waals surface area contributed by atoms with Crippen molar-refractivity contribution in [2.75, 3.05) is 13.1 Å². The molecule has 2 rings (SSSR count). The lowest BCUT2D eigenvalue weighted by Crippen LogP contribution is -2.44. The summed E-state index contributed by atoms with van der Waals surface area (Å²) in [4.78, 5) is 2.57. The van der Waals surface area contributed by atoms with Gasteiger partial charge in [-0.3, -0.25) is 4.68 Å². The van der Waals surface area contributed by atoms with E-state index >= 15 is 0 Å². The Balaban J connectivity index is 1.84. The molecule has 0 amide bonds. The largest absolute Gasteiger partial charge is 0.310 e. The van der Waals surface area contributed by atoms with E-state index in [1.807, 2.05) is 11.7 Å². The minimum atomic E-state index is 0.496. The van der Waals surface area contributed by atoms with Crippen molar-refractivity contribution in [3.8, 4) is 0 Å². The van der Waals surface area contributed by atoms with Crippen LogP contribution in [0.1, 0.15) is 57.7 Å². The Morgan fingerprint density at radius 2 is 1.90 bits per heavy atom. The molecule has 1 saturated heterocycles. The summed E-state index contributed by atoms with van der Waals surface area (Å²) in [5.74, 6) is 0.496. The first kappa shape index (κ1) is 15.5. The summed E-state index contributed by atoms with van der Waals surface area (Å²) in [6.45, 7) is 12.4. The minimum Gasteiger partial charge on any atom is -0.310 e. The number of piperidine rings is 1. The van der Waals surface area contributed by atoms with Crippen molar-refractivity contribution in [1.29, 1.82) is 0 Å². The first-order valence-electron chi connectivity index (χ1n) is 7.97. The lowest BCUT2D eigenvalue weighted by Gasteiger charge is -2.35. The summed E-state index contributed by atoms with van der Waals surface area (Å²) in [5.41, 5.74) is 2.59. The molecule has 0 spiro atoms. The summed E-state index contributed by atoms with van der Waals surface area (Å²) >= 11 is 0. The summed E-state index contributed by atoms with van der Waals surface area (Å²) < 4.78 is 1.94. The van der Waals surface area contributed by atoms with Crippen LogP contribution in [0.25, 0.3) is 0 Å². The molecule has 0 saturated carbocycles. The highest BCUT2D eigenvalue weighted by atomic mass is 15.3. The van der Waals surface area contributed by atoms with Crippen LogP contribution in [0.3, 0.4) is 0 Å². The number of likely N-dealkylation sites (tertiary alicyclic amines) is 1. The van der Waals surface area contributed by atoms with E-state index in [-0.39, 0.29) is 0 Å². The zero-order valence-electron chi connectivity index (χ0n) is 13.7. The van der Waals surface area contributed by atoms with Gasteiger partial charge >= 0.3 is 0 Å². The Kier molecular flexibility index (Phi) is 5.22. The first-order chi connectivity index (χ1) is 9.47. The highest BCUT2D eigenvalue weighted by molar-refractivity contribution is 5.20. The molecule has 1 fully saturated rings.